The second-order valence-electron chi connectivity index (χ2n) is 6.49. The summed E-state index contributed by atoms with van der Waals surface area (Å²) in [5, 5.41) is 12.3. The Morgan fingerprint density at radius 3 is 2.73 bits per heavy atom. The number of nitrogens with one attached hydrogen (secondary N) is 1. The maximum absolute atomic E-state index is 12.7. The molecule has 2 rings (SSSR count). The largest absolute Gasteiger partial charge is 0.445 e. The Kier molecular flexibility index (Phi) is 7.84. The Balaban J connectivity index is 1.97. The van der Waals surface area contributed by atoms with E-state index in [9.17, 15) is 19.1 Å². The molecule has 3 atom stereocenters. The van der Waals surface area contributed by atoms with E-state index in [1.807, 2.05) is 30.3 Å². The number of alkyl halides is 1. The van der Waals surface area contributed by atoms with Crippen molar-refractivity contribution in [1.82, 2.24) is 10.2 Å². The highest BCUT2D eigenvalue weighted by Gasteiger charge is 2.34. The third kappa shape index (κ3) is 5.42. The molecule has 26 heavy (non-hydrogen) atoms. The SMILES string of the molecule is CCC(NC(=O)C1CCCCN1C(=O)OCc1ccccc1)C(O)CF. The van der Waals surface area contributed by atoms with Crippen LogP contribution in [0.25, 0.3) is 0 Å². The minimum Gasteiger partial charge on any atom is -0.445 e. The van der Waals surface area contributed by atoms with Crippen molar-refractivity contribution < 1.29 is 23.8 Å². The van der Waals surface area contributed by atoms with E-state index in [0.29, 0.717) is 19.4 Å². The minimum atomic E-state index is -1.24. The van der Waals surface area contributed by atoms with Crippen LogP contribution in [-0.4, -0.2) is 53.4 Å². The molecule has 0 bridgehead atoms. The van der Waals surface area contributed by atoms with Gasteiger partial charge in [0.2, 0.25) is 5.91 Å². The van der Waals surface area contributed by atoms with Crippen molar-refractivity contribution in [2.75, 3.05) is 13.2 Å². The van der Waals surface area contributed by atoms with E-state index in [0.717, 1.165) is 18.4 Å². The lowest BCUT2D eigenvalue weighted by atomic mass is 10.0. The fourth-order valence-corrected chi connectivity index (χ4v) is 3.08. The molecule has 0 saturated carbocycles. The van der Waals surface area contributed by atoms with Gasteiger partial charge in [-0.1, -0.05) is 37.3 Å². The highest BCUT2D eigenvalue weighted by molar-refractivity contribution is 5.86. The van der Waals surface area contributed by atoms with Crippen molar-refractivity contribution in [2.24, 2.45) is 0 Å². The normalized spacial score (nSPS) is 19.5. The molecule has 1 aromatic rings. The molecule has 7 heteroatoms. The molecular formula is C19H27FN2O4. The van der Waals surface area contributed by atoms with Crippen LogP contribution in [0, 0.1) is 0 Å². The molecule has 0 aromatic heterocycles. The Bertz CT molecular complexity index is 584. The summed E-state index contributed by atoms with van der Waals surface area (Å²) >= 11 is 0. The average molecular weight is 366 g/mol. The summed E-state index contributed by atoms with van der Waals surface area (Å²) in [6.45, 7) is 1.42. The number of piperidine rings is 1. The standard InChI is InChI=1S/C19H27FN2O4/c1-2-15(17(23)12-20)21-18(24)16-10-6-7-11-22(16)19(25)26-13-14-8-4-3-5-9-14/h3-5,8-9,15-17,23H,2,6-7,10-13H2,1H3,(H,21,24). The van der Waals surface area contributed by atoms with Gasteiger partial charge < -0.3 is 15.2 Å². The summed E-state index contributed by atoms with van der Waals surface area (Å²) < 4.78 is 18.0. The Hall–Kier alpha value is -2.15. The molecule has 0 spiro atoms. The summed E-state index contributed by atoms with van der Waals surface area (Å²) in [6.07, 6.45) is 0.771. The lowest BCUT2D eigenvalue weighted by Gasteiger charge is -2.35. The summed E-state index contributed by atoms with van der Waals surface area (Å²) in [4.78, 5) is 26.5. The van der Waals surface area contributed by atoms with E-state index in [1.54, 1.807) is 6.92 Å². The number of carbonyl (C=O) groups excluding carboxylic acids is 2. The van der Waals surface area contributed by atoms with Gasteiger partial charge in [-0.15, -0.1) is 0 Å². The third-order valence-corrected chi connectivity index (χ3v) is 4.64. The average Bonchev–Trinajstić information content (AvgIpc) is 2.70. The van der Waals surface area contributed by atoms with Crippen molar-refractivity contribution in [3.05, 3.63) is 35.9 Å². The number of ether oxygens (including phenoxy) is 1. The molecule has 144 valence electrons. The van der Waals surface area contributed by atoms with E-state index in [1.165, 1.54) is 4.90 Å². The summed E-state index contributed by atoms with van der Waals surface area (Å²) in [7, 11) is 0. The van der Waals surface area contributed by atoms with Crippen LogP contribution in [0.5, 0.6) is 0 Å². The fourth-order valence-electron chi connectivity index (χ4n) is 3.08. The zero-order chi connectivity index (χ0) is 18.9. The highest BCUT2D eigenvalue weighted by atomic mass is 19.1. The Morgan fingerprint density at radius 1 is 1.35 bits per heavy atom. The van der Waals surface area contributed by atoms with Crippen LogP contribution >= 0.6 is 0 Å². The molecule has 6 nitrogen and oxygen atoms in total. The number of hydrogen-bond donors (Lipinski definition) is 2. The maximum atomic E-state index is 12.7. The van der Waals surface area contributed by atoms with Crippen molar-refractivity contribution in [2.45, 2.75) is 57.4 Å². The van der Waals surface area contributed by atoms with Crippen LogP contribution in [0.1, 0.15) is 38.2 Å². The first kappa shape index (κ1) is 20.2. The van der Waals surface area contributed by atoms with Gasteiger partial charge in [-0.3, -0.25) is 9.69 Å². The molecule has 0 aliphatic carbocycles. The molecule has 1 aliphatic rings. The third-order valence-electron chi connectivity index (χ3n) is 4.64. The van der Waals surface area contributed by atoms with Gasteiger partial charge >= 0.3 is 6.09 Å². The summed E-state index contributed by atoms with van der Waals surface area (Å²) in [6, 6.07) is 8.00. The van der Waals surface area contributed by atoms with Crippen molar-refractivity contribution in [3.8, 4) is 0 Å². The Labute approximate surface area is 153 Å². The van der Waals surface area contributed by atoms with Crippen molar-refractivity contribution in [1.29, 1.82) is 0 Å². The number of hydrogen-bond acceptors (Lipinski definition) is 4. The van der Waals surface area contributed by atoms with Gasteiger partial charge in [0.1, 0.15) is 25.4 Å². The maximum Gasteiger partial charge on any atom is 0.410 e. The van der Waals surface area contributed by atoms with E-state index < -0.39 is 31.0 Å². The first-order valence-corrected chi connectivity index (χ1v) is 9.08. The molecule has 2 amide bonds. The number of likely N-dealkylation sites (tertiary alicyclic amines) is 1. The van der Waals surface area contributed by atoms with Crippen LogP contribution < -0.4 is 5.32 Å². The highest BCUT2D eigenvalue weighted by Crippen LogP contribution is 2.19. The molecule has 1 saturated heterocycles. The number of benzene rings is 1. The number of aliphatic hydroxyl groups is 1. The van der Waals surface area contributed by atoms with Gasteiger partial charge in [0.15, 0.2) is 0 Å². The quantitative estimate of drug-likeness (QED) is 0.777. The molecule has 1 heterocycles. The zero-order valence-corrected chi connectivity index (χ0v) is 15.1. The van der Waals surface area contributed by atoms with Crippen molar-refractivity contribution >= 4 is 12.0 Å². The minimum absolute atomic E-state index is 0.142. The number of aliphatic hydroxyl groups excluding tert-OH is 1. The van der Waals surface area contributed by atoms with Gasteiger partial charge in [-0.2, -0.15) is 0 Å². The molecular weight excluding hydrogens is 339 g/mol. The second kappa shape index (κ2) is 10.1. The molecule has 0 radical (unpaired) electrons. The first-order chi connectivity index (χ1) is 12.6. The van der Waals surface area contributed by atoms with E-state index in [2.05, 4.69) is 5.32 Å². The molecule has 2 N–H and O–H groups in total. The number of rotatable bonds is 7. The van der Waals surface area contributed by atoms with E-state index in [4.69, 9.17) is 4.74 Å². The van der Waals surface area contributed by atoms with E-state index >= 15 is 0 Å². The van der Waals surface area contributed by atoms with Gasteiger partial charge in [0.25, 0.3) is 0 Å². The van der Waals surface area contributed by atoms with Crippen LogP contribution in [-0.2, 0) is 16.1 Å². The fraction of sp³-hybridized carbons (Fsp3) is 0.579. The summed E-state index contributed by atoms with van der Waals surface area (Å²) in [5.74, 6) is -0.374. The van der Waals surface area contributed by atoms with Crippen LogP contribution in [0.2, 0.25) is 0 Å². The Morgan fingerprint density at radius 2 is 2.08 bits per heavy atom. The number of carbonyl (C=O) groups is 2. The number of halogens is 1. The zero-order valence-electron chi connectivity index (χ0n) is 15.1. The molecule has 1 fully saturated rings. The number of nitrogens with zero attached hydrogens (tertiary/aromatic N) is 1. The van der Waals surface area contributed by atoms with Crippen LogP contribution in [0.3, 0.4) is 0 Å². The molecule has 3 unspecified atom stereocenters. The van der Waals surface area contributed by atoms with Crippen LogP contribution in [0.4, 0.5) is 9.18 Å². The second-order valence-corrected chi connectivity index (χ2v) is 6.49. The first-order valence-electron chi connectivity index (χ1n) is 9.08. The molecule has 1 aliphatic heterocycles. The summed E-state index contributed by atoms with van der Waals surface area (Å²) in [5.41, 5.74) is 0.871. The number of amides is 2. The lowest BCUT2D eigenvalue weighted by Crippen LogP contribution is -2.55. The lowest BCUT2D eigenvalue weighted by molar-refractivity contribution is -0.128. The van der Waals surface area contributed by atoms with Gasteiger partial charge in [-0.05, 0) is 31.2 Å². The van der Waals surface area contributed by atoms with E-state index in [-0.39, 0.29) is 12.5 Å². The molecule has 1 aromatic carbocycles. The van der Waals surface area contributed by atoms with Crippen molar-refractivity contribution in [3.63, 3.8) is 0 Å². The predicted molar refractivity (Wildman–Crippen MR) is 95.2 cm³/mol. The monoisotopic (exact) mass is 366 g/mol. The predicted octanol–water partition coefficient (Wildman–Crippen LogP) is 2.40. The van der Waals surface area contributed by atoms with Gasteiger partial charge in [0.05, 0.1) is 6.04 Å². The van der Waals surface area contributed by atoms with Gasteiger partial charge in [0, 0.05) is 6.54 Å². The smallest absolute Gasteiger partial charge is 0.410 e. The topological polar surface area (TPSA) is 78.9 Å². The van der Waals surface area contributed by atoms with Gasteiger partial charge in [-0.25, -0.2) is 9.18 Å². The van der Waals surface area contributed by atoms with Crippen LogP contribution in [0.15, 0.2) is 30.3 Å².